The molecule has 0 saturated heterocycles. The quantitative estimate of drug-likeness (QED) is 0.539. The first-order valence-electron chi connectivity index (χ1n) is 7.83. The molecule has 0 unspecified atom stereocenters. The molecule has 0 spiro atoms. The fourth-order valence-electron chi connectivity index (χ4n) is 2.81. The van der Waals surface area contributed by atoms with Crippen molar-refractivity contribution in [1.82, 2.24) is 14.5 Å². The predicted octanol–water partition coefficient (Wildman–Crippen LogP) is 4.41. The van der Waals surface area contributed by atoms with Gasteiger partial charge in [0.1, 0.15) is 5.65 Å². The summed E-state index contributed by atoms with van der Waals surface area (Å²) < 4.78 is 1.86. The summed E-state index contributed by atoms with van der Waals surface area (Å²) in [6, 6.07) is 14.7. The van der Waals surface area contributed by atoms with Crippen LogP contribution in [0.3, 0.4) is 0 Å². The Kier molecular flexibility index (Phi) is 3.82. The highest BCUT2D eigenvalue weighted by Gasteiger charge is 2.11. The van der Waals surface area contributed by atoms with E-state index in [0.717, 1.165) is 22.5 Å². The zero-order chi connectivity index (χ0) is 17.4. The molecule has 122 valence electrons. The number of halogens is 1. The summed E-state index contributed by atoms with van der Waals surface area (Å²) in [5, 5.41) is 1.16. The lowest BCUT2D eigenvalue weighted by Crippen LogP contribution is -2.09. The molecule has 4 aromatic rings. The topological polar surface area (TPSA) is 47.8 Å². The van der Waals surface area contributed by atoms with Gasteiger partial charge in [-0.05, 0) is 48.9 Å². The number of aromatic nitrogens is 3. The maximum Gasteiger partial charge on any atom is 0.191 e. The van der Waals surface area contributed by atoms with Gasteiger partial charge in [0.05, 0.1) is 21.8 Å². The van der Waals surface area contributed by atoms with Crippen molar-refractivity contribution in [2.45, 2.75) is 6.92 Å². The summed E-state index contributed by atoms with van der Waals surface area (Å²) in [6.07, 6.45) is 5.15. The fraction of sp³-hybridized carbons (Fsp3) is 0.0500. The molecule has 4 rings (SSSR count). The molecule has 0 bridgehead atoms. The minimum absolute atomic E-state index is 0.0659. The van der Waals surface area contributed by atoms with Gasteiger partial charge in [-0.25, -0.2) is 4.98 Å². The molecule has 0 aliphatic carbocycles. The van der Waals surface area contributed by atoms with Crippen molar-refractivity contribution in [2.24, 2.45) is 0 Å². The molecule has 0 radical (unpaired) electrons. The van der Waals surface area contributed by atoms with Crippen molar-refractivity contribution in [1.29, 1.82) is 0 Å². The highest BCUT2D eigenvalue weighted by molar-refractivity contribution is 6.32. The molecule has 3 heterocycles. The maximum absolute atomic E-state index is 12.3. The first kappa shape index (κ1) is 15.5. The van der Waals surface area contributed by atoms with Gasteiger partial charge in [0.2, 0.25) is 0 Å². The van der Waals surface area contributed by atoms with Crippen LogP contribution in [0.25, 0.3) is 28.0 Å². The first-order valence-corrected chi connectivity index (χ1v) is 8.20. The van der Waals surface area contributed by atoms with Gasteiger partial charge in [-0.3, -0.25) is 14.3 Å². The van der Waals surface area contributed by atoms with Crippen LogP contribution >= 0.6 is 11.6 Å². The number of fused-ring (bicyclic) bond motifs is 1. The molecule has 0 aliphatic rings. The lowest BCUT2D eigenvalue weighted by atomic mass is 10.1. The molecule has 0 fully saturated rings. The van der Waals surface area contributed by atoms with E-state index in [2.05, 4.69) is 4.98 Å². The predicted molar refractivity (Wildman–Crippen MR) is 100 cm³/mol. The van der Waals surface area contributed by atoms with Gasteiger partial charge in [-0.2, -0.15) is 0 Å². The Morgan fingerprint density at radius 3 is 2.60 bits per heavy atom. The molecule has 0 atom stereocenters. The summed E-state index contributed by atoms with van der Waals surface area (Å²) in [5.74, 6) is 0. The maximum atomic E-state index is 12.3. The first-order chi connectivity index (χ1) is 12.1. The molecule has 0 N–H and O–H groups in total. The highest BCUT2D eigenvalue weighted by atomic mass is 35.5. The summed E-state index contributed by atoms with van der Waals surface area (Å²) in [5.41, 5.74) is 4.11. The summed E-state index contributed by atoms with van der Waals surface area (Å²) >= 11 is 6.39. The third kappa shape index (κ3) is 2.81. The van der Waals surface area contributed by atoms with Crippen molar-refractivity contribution in [3.05, 3.63) is 87.9 Å². The Hall–Kier alpha value is -2.98. The van der Waals surface area contributed by atoms with Crippen LogP contribution in [0.1, 0.15) is 5.56 Å². The minimum atomic E-state index is -0.0659. The summed E-state index contributed by atoms with van der Waals surface area (Å²) in [4.78, 5) is 21.0. The molecule has 25 heavy (non-hydrogen) atoms. The van der Waals surface area contributed by atoms with Crippen molar-refractivity contribution in [3.8, 4) is 16.9 Å². The Bertz CT molecular complexity index is 1140. The molecular weight excluding hydrogens is 334 g/mol. The van der Waals surface area contributed by atoms with Crippen molar-refractivity contribution >= 4 is 22.6 Å². The lowest BCUT2D eigenvalue weighted by Gasteiger charge is -2.13. The van der Waals surface area contributed by atoms with Crippen LogP contribution in [0.15, 0.2) is 71.9 Å². The van der Waals surface area contributed by atoms with Crippen molar-refractivity contribution in [3.63, 3.8) is 0 Å². The largest absolute Gasteiger partial charge is 0.300 e. The summed E-state index contributed by atoms with van der Waals surface area (Å²) in [6.45, 7) is 2.00. The van der Waals surface area contributed by atoms with E-state index in [1.807, 2.05) is 47.9 Å². The van der Waals surface area contributed by atoms with Gasteiger partial charge in [-0.1, -0.05) is 17.7 Å². The van der Waals surface area contributed by atoms with Crippen LogP contribution in [-0.4, -0.2) is 14.5 Å². The molecule has 3 aromatic heterocycles. The lowest BCUT2D eigenvalue weighted by molar-refractivity contribution is 1.06. The molecule has 1 aromatic carbocycles. The Balaban J connectivity index is 2.03. The second-order valence-electron chi connectivity index (χ2n) is 5.81. The number of pyridine rings is 3. The zero-order valence-electron chi connectivity index (χ0n) is 13.5. The number of rotatable bonds is 2. The van der Waals surface area contributed by atoms with Crippen LogP contribution in [0.5, 0.6) is 0 Å². The van der Waals surface area contributed by atoms with Gasteiger partial charge in [-0.15, -0.1) is 0 Å². The number of hydrogen-bond acceptors (Lipinski definition) is 3. The van der Waals surface area contributed by atoms with Crippen LogP contribution < -0.4 is 5.43 Å². The van der Waals surface area contributed by atoms with Crippen LogP contribution in [0, 0.1) is 6.92 Å². The van der Waals surface area contributed by atoms with Gasteiger partial charge in [0, 0.05) is 30.2 Å². The standard InChI is InChI=1S/C20H14ClN3O/c1-13-2-4-16(21)18(12-13)24-11-8-19(25)15-3-5-17(23-20(15)24)14-6-9-22-10-7-14/h2-12H,1H3. The third-order valence-electron chi connectivity index (χ3n) is 4.08. The van der Waals surface area contributed by atoms with Gasteiger partial charge >= 0.3 is 0 Å². The molecule has 5 heteroatoms. The normalized spacial score (nSPS) is 11.0. The van der Waals surface area contributed by atoms with E-state index in [4.69, 9.17) is 16.6 Å². The smallest absolute Gasteiger partial charge is 0.191 e. The molecule has 0 saturated carbocycles. The van der Waals surface area contributed by atoms with E-state index in [0.29, 0.717) is 16.1 Å². The van der Waals surface area contributed by atoms with Gasteiger partial charge in [0.25, 0.3) is 0 Å². The number of hydrogen-bond donors (Lipinski definition) is 0. The van der Waals surface area contributed by atoms with E-state index < -0.39 is 0 Å². The van der Waals surface area contributed by atoms with Gasteiger partial charge < -0.3 is 0 Å². The molecule has 0 amide bonds. The van der Waals surface area contributed by atoms with Gasteiger partial charge in [0.15, 0.2) is 5.43 Å². The monoisotopic (exact) mass is 347 g/mol. The van der Waals surface area contributed by atoms with E-state index in [1.54, 1.807) is 24.7 Å². The molecular formula is C20H14ClN3O. The highest BCUT2D eigenvalue weighted by Crippen LogP contribution is 2.25. The van der Waals surface area contributed by atoms with E-state index in [1.165, 1.54) is 6.07 Å². The number of nitrogens with zero attached hydrogens (tertiary/aromatic N) is 3. The van der Waals surface area contributed by atoms with Crippen LogP contribution in [0.2, 0.25) is 5.02 Å². The minimum Gasteiger partial charge on any atom is -0.300 e. The molecule has 0 aliphatic heterocycles. The molecule has 4 nitrogen and oxygen atoms in total. The van der Waals surface area contributed by atoms with E-state index in [-0.39, 0.29) is 5.43 Å². The Morgan fingerprint density at radius 1 is 1.00 bits per heavy atom. The van der Waals surface area contributed by atoms with Crippen LogP contribution in [-0.2, 0) is 0 Å². The SMILES string of the molecule is Cc1ccc(Cl)c(-n2ccc(=O)c3ccc(-c4ccncc4)nc32)c1. The average molecular weight is 348 g/mol. The van der Waals surface area contributed by atoms with Crippen LogP contribution in [0.4, 0.5) is 0 Å². The average Bonchev–Trinajstić information content (AvgIpc) is 2.65. The second kappa shape index (κ2) is 6.15. The number of aryl methyl sites for hydroxylation is 1. The van der Waals surface area contributed by atoms with Crippen molar-refractivity contribution in [2.75, 3.05) is 0 Å². The fourth-order valence-corrected chi connectivity index (χ4v) is 3.02. The van der Waals surface area contributed by atoms with E-state index in [9.17, 15) is 4.79 Å². The Morgan fingerprint density at radius 2 is 1.80 bits per heavy atom. The third-order valence-corrected chi connectivity index (χ3v) is 4.40. The zero-order valence-corrected chi connectivity index (χ0v) is 14.2. The summed E-state index contributed by atoms with van der Waals surface area (Å²) in [7, 11) is 0. The second-order valence-corrected chi connectivity index (χ2v) is 6.22. The van der Waals surface area contributed by atoms with E-state index >= 15 is 0 Å². The number of benzene rings is 1. The van der Waals surface area contributed by atoms with Crippen molar-refractivity contribution < 1.29 is 0 Å². The Labute approximate surface area is 149 Å².